The quantitative estimate of drug-likeness (QED) is 0.710. The monoisotopic (exact) mass is 238 g/mol. The summed E-state index contributed by atoms with van der Waals surface area (Å²) in [6, 6.07) is 0.903. The fourth-order valence-electron chi connectivity index (χ4n) is 1.33. The molecule has 0 aromatic carbocycles. The average Bonchev–Trinajstić information content (AvgIpc) is 2.26. The van der Waals surface area contributed by atoms with Crippen molar-refractivity contribution in [1.29, 1.82) is 0 Å². The predicted octanol–water partition coefficient (Wildman–Crippen LogP) is 0.440. The maximum atomic E-state index is 11.4. The van der Waals surface area contributed by atoms with Gasteiger partial charge in [0, 0.05) is 19.0 Å². The molecule has 1 unspecified atom stereocenters. The van der Waals surface area contributed by atoms with Gasteiger partial charge in [-0.2, -0.15) is 0 Å². The van der Waals surface area contributed by atoms with Crippen molar-refractivity contribution in [2.45, 2.75) is 32.7 Å². The van der Waals surface area contributed by atoms with Crippen molar-refractivity contribution < 1.29 is 4.79 Å². The molecule has 0 radical (unpaired) electrons. The second-order valence-electron chi connectivity index (χ2n) is 4.15. The lowest BCUT2D eigenvalue weighted by molar-refractivity contribution is -0.121. The van der Waals surface area contributed by atoms with Gasteiger partial charge in [0.05, 0.1) is 0 Å². The zero-order valence-electron chi connectivity index (χ0n) is 10.5. The summed E-state index contributed by atoms with van der Waals surface area (Å²) in [7, 11) is 1.56. The summed E-state index contributed by atoms with van der Waals surface area (Å²) in [5.41, 5.74) is -0.227. The van der Waals surface area contributed by atoms with E-state index in [1.165, 1.54) is 6.07 Å². The average molecular weight is 238 g/mol. The van der Waals surface area contributed by atoms with Crippen LogP contribution >= 0.6 is 0 Å². The number of nitrogens with zero attached hydrogens (tertiary/aromatic N) is 1. The Kier molecular flexibility index (Phi) is 4.25. The highest BCUT2D eigenvalue weighted by atomic mass is 16.2. The maximum Gasteiger partial charge on any atom is 0.252 e. The van der Waals surface area contributed by atoms with E-state index in [0.29, 0.717) is 11.6 Å². The van der Waals surface area contributed by atoms with Crippen molar-refractivity contribution in [3.63, 3.8) is 0 Å². The molecule has 0 fully saturated rings. The van der Waals surface area contributed by atoms with E-state index in [1.54, 1.807) is 14.0 Å². The highest BCUT2D eigenvalue weighted by Crippen LogP contribution is 2.09. The number of aromatic nitrogens is 2. The minimum atomic E-state index is -0.436. The zero-order valence-corrected chi connectivity index (χ0v) is 10.5. The van der Waals surface area contributed by atoms with Crippen molar-refractivity contribution in [1.82, 2.24) is 15.3 Å². The fourth-order valence-corrected chi connectivity index (χ4v) is 1.33. The van der Waals surface area contributed by atoms with Gasteiger partial charge in [-0.25, -0.2) is 4.98 Å². The summed E-state index contributed by atoms with van der Waals surface area (Å²) in [6.07, 6.45) is 0. The number of rotatable bonds is 4. The van der Waals surface area contributed by atoms with Crippen LogP contribution in [-0.4, -0.2) is 29.0 Å². The molecular formula is C11H18N4O2. The Labute approximate surface area is 99.8 Å². The molecule has 6 heteroatoms. The van der Waals surface area contributed by atoms with E-state index in [2.05, 4.69) is 20.6 Å². The summed E-state index contributed by atoms with van der Waals surface area (Å²) in [5, 5.41) is 5.41. The minimum absolute atomic E-state index is 0.125. The molecule has 0 saturated heterocycles. The van der Waals surface area contributed by atoms with Crippen molar-refractivity contribution in [3.8, 4) is 0 Å². The van der Waals surface area contributed by atoms with E-state index >= 15 is 0 Å². The van der Waals surface area contributed by atoms with Gasteiger partial charge in [0.25, 0.3) is 5.56 Å². The van der Waals surface area contributed by atoms with Gasteiger partial charge in [-0.3, -0.25) is 9.59 Å². The smallest absolute Gasteiger partial charge is 0.252 e. The summed E-state index contributed by atoms with van der Waals surface area (Å²) >= 11 is 0. The van der Waals surface area contributed by atoms with Crippen LogP contribution in [0.5, 0.6) is 0 Å². The Morgan fingerprint density at radius 2 is 2.06 bits per heavy atom. The van der Waals surface area contributed by atoms with Crippen LogP contribution in [0.3, 0.4) is 0 Å². The van der Waals surface area contributed by atoms with Gasteiger partial charge in [0.2, 0.25) is 5.91 Å². The lowest BCUT2D eigenvalue weighted by Gasteiger charge is -2.13. The summed E-state index contributed by atoms with van der Waals surface area (Å²) in [4.78, 5) is 29.6. The normalized spacial score (nSPS) is 12.3. The third-order valence-electron chi connectivity index (χ3n) is 2.31. The second kappa shape index (κ2) is 5.47. The first-order valence-corrected chi connectivity index (χ1v) is 5.53. The third-order valence-corrected chi connectivity index (χ3v) is 2.31. The van der Waals surface area contributed by atoms with E-state index in [4.69, 9.17) is 0 Å². The number of likely N-dealkylation sites (N-methyl/N-ethyl adjacent to an activating group) is 1. The molecule has 1 aromatic rings. The largest absolute Gasteiger partial charge is 0.358 e. The van der Waals surface area contributed by atoms with Crippen molar-refractivity contribution in [3.05, 3.63) is 22.2 Å². The van der Waals surface area contributed by atoms with E-state index in [0.717, 1.165) is 0 Å². The van der Waals surface area contributed by atoms with Crippen LogP contribution in [0.4, 0.5) is 5.82 Å². The van der Waals surface area contributed by atoms with Crippen LogP contribution in [0.1, 0.15) is 32.5 Å². The molecule has 0 bridgehead atoms. The standard InChI is InChI=1S/C11H18N4O2/c1-6(2)10-14-8(5-9(16)15-10)13-7(3)11(17)12-4/h5-7H,1-4H3,(H,12,17)(H2,13,14,15,16). The Balaban J connectivity index is 2.92. The second-order valence-corrected chi connectivity index (χ2v) is 4.15. The molecular weight excluding hydrogens is 220 g/mol. The molecule has 1 heterocycles. The molecule has 0 saturated carbocycles. The van der Waals surface area contributed by atoms with E-state index < -0.39 is 6.04 Å². The van der Waals surface area contributed by atoms with Crippen LogP contribution in [0.25, 0.3) is 0 Å². The molecule has 0 aliphatic heterocycles. The maximum absolute atomic E-state index is 11.4. The summed E-state index contributed by atoms with van der Waals surface area (Å²) < 4.78 is 0. The van der Waals surface area contributed by atoms with Gasteiger partial charge in [0.1, 0.15) is 17.7 Å². The Bertz CT molecular complexity index is 453. The molecule has 0 aliphatic carbocycles. The molecule has 17 heavy (non-hydrogen) atoms. The Morgan fingerprint density at radius 1 is 1.41 bits per heavy atom. The van der Waals surface area contributed by atoms with Gasteiger partial charge in [0.15, 0.2) is 0 Å². The first-order valence-electron chi connectivity index (χ1n) is 5.53. The number of carbonyl (C=O) groups excluding carboxylic acids is 1. The van der Waals surface area contributed by atoms with Gasteiger partial charge in [-0.1, -0.05) is 13.8 Å². The van der Waals surface area contributed by atoms with E-state index in [1.807, 2.05) is 13.8 Å². The number of carbonyl (C=O) groups is 1. The fraction of sp³-hybridized carbons (Fsp3) is 0.545. The van der Waals surface area contributed by atoms with E-state index in [-0.39, 0.29) is 17.4 Å². The SMILES string of the molecule is CNC(=O)C(C)Nc1cc(=O)[nH]c(C(C)C)n1. The molecule has 0 aliphatic rings. The number of aromatic amines is 1. The van der Waals surface area contributed by atoms with Crippen molar-refractivity contribution >= 4 is 11.7 Å². The predicted molar refractivity (Wildman–Crippen MR) is 66.1 cm³/mol. The number of anilines is 1. The van der Waals surface area contributed by atoms with Crippen LogP contribution in [0.2, 0.25) is 0 Å². The third kappa shape index (κ3) is 3.58. The first kappa shape index (κ1) is 13.2. The summed E-state index contributed by atoms with van der Waals surface area (Å²) in [5.74, 6) is 0.982. The van der Waals surface area contributed by atoms with Gasteiger partial charge < -0.3 is 15.6 Å². The van der Waals surface area contributed by atoms with Gasteiger partial charge in [-0.05, 0) is 6.92 Å². The van der Waals surface area contributed by atoms with Gasteiger partial charge in [-0.15, -0.1) is 0 Å². The zero-order chi connectivity index (χ0) is 13.0. The van der Waals surface area contributed by atoms with Crippen LogP contribution in [0.15, 0.2) is 10.9 Å². The van der Waals surface area contributed by atoms with Crippen LogP contribution < -0.4 is 16.2 Å². The number of hydrogen-bond acceptors (Lipinski definition) is 4. The minimum Gasteiger partial charge on any atom is -0.358 e. The molecule has 1 rings (SSSR count). The number of H-pyrrole nitrogens is 1. The molecule has 6 nitrogen and oxygen atoms in total. The van der Waals surface area contributed by atoms with Crippen molar-refractivity contribution in [2.75, 3.05) is 12.4 Å². The molecule has 0 spiro atoms. The molecule has 1 aromatic heterocycles. The topological polar surface area (TPSA) is 86.9 Å². The molecule has 1 atom stereocenters. The first-order chi connectivity index (χ1) is 7.93. The molecule has 1 amide bonds. The Morgan fingerprint density at radius 3 is 2.59 bits per heavy atom. The van der Waals surface area contributed by atoms with Gasteiger partial charge >= 0.3 is 0 Å². The lowest BCUT2D eigenvalue weighted by Crippen LogP contribution is -2.35. The highest BCUT2D eigenvalue weighted by Gasteiger charge is 2.12. The van der Waals surface area contributed by atoms with Crippen molar-refractivity contribution in [2.24, 2.45) is 0 Å². The summed E-state index contributed by atoms with van der Waals surface area (Å²) in [6.45, 7) is 5.57. The van der Waals surface area contributed by atoms with Crippen LogP contribution in [0, 0.1) is 0 Å². The number of nitrogens with one attached hydrogen (secondary N) is 3. The van der Waals surface area contributed by atoms with E-state index in [9.17, 15) is 9.59 Å². The highest BCUT2D eigenvalue weighted by molar-refractivity contribution is 5.83. The van der Waals surface area contributed by atoms with Crippen LogP contribution in [-0.2, 0) is 4.79 Å². The lowest BCUT2D eigenvalue weighted by atomic mass is 10.2. The number of amides is 1. The molecule has 94 valence electrons. The molecule has 3 N–H and O–H groups in total. The Hall–Kier alpha value is -1.85. The number of hydrogen-bond donors (Lipinski definition) is 3.